The number of thiazole rings is 1. The first-order chi connectivity index (χ1) is 18.0. The molecule has 9 nitrogen and oxygen atoms in total. The molecule has 3 atom stereocenters. The predicted octanol–water partition coefficient (Wildman–Crippen LogP) is 3.05. The average molecular weight is 540 g/mol. The number of nitrogens with one attached hydrogen (secondary N) is 3. The van der Waals surface area contributed by atoms with Crippen molar-refractivity contribution >= 4 is 23.3 Å². The Labute approximate surface area is 227 Å². The summed E-state index contributed by atoms with van der Waals surface area (Å²) in [6.45, 7) is 6.00. The molecule has 3 aromatic rings. The van der Waals surface area contributed by atoms with Gasteiger partial charge in [-0.3, -0.25) is 15.1 Å². The minimum absolute atomic E-state index is 0.228. The van der Waals surface area contributed by atoms with Gasteiger partial charge in [-0.25, -0.2) is 4.79 Å². The highest BCUT2D eigenvalue weighted by Gasteiger charge is 2.47. The number of aliphatic hydroxyl groups is 1. The Kier molecular flexibility index (Phi) is 9.98. The van der Waals surface area contributed by atoms with Crippen molar-refractivity contribution in [1.82, 2.24) is 20.9 Å². The van der Waals surface area contributed by atoms with Gasteiger partial charge >= 0.3 is 6.09 Å². The molecule has 0 radical (unpaired) electrons. The Morgan fingerprint density at radius 1 is 1.08 bits per heavy atom. The van der Waals surface area contributed by atoms with Gasteiger partial charge in [0.1, 0.15) is 0 Å². The second-order valence-corrected chi connectivity index (χ2v) is 11.1. The van der Waals surface area contributed by atoms with Crippen molar-refractivity contribution in [3.8, 4) is 10.4 Å². The van der Waals surface area contributed by atoms with Gasteiger partial charge < -0.3 is 26.2 Å². The smallest absolute Gasteiger partial charge is 0.408 e. The summed E-state index contributed by atoms with van der Waals surface area (Å²) in [5.74, 6) is -0.617. The summed E-state index contributed by atoms with van der Waals surface area (Å²) in [5, 5.41) is 19.8. The number of nitrogens with zero attached hydrogens (tertiary/aromatic N) is 1. The van der Waals surface area contributed by atoms with E-state index in [2.05, 4.69) is 20.9 Å². The summed E-state index contributed by atoms with van der Waals surface area (Å²) in [6, 6.07) is 17.0. The van der Waals surface area contributed by atoms with Crippen molar-refractivity contribution in [2.75, 3.05) is 13.7 Å². The number of carbonyl (C=O) groups excluding carboxylic acids is 2. The van der Waals surface area contributed by atoms with E-state index in [1.807, 2.05) is 60.8 Å². The van der Waals surface area contributed by atoms with E-state index in [1.165, 1.54) is 7.11 Å². The molecular weight excluding hydrogens is 502 g/mol. The molecule has 204 valence electrons. The van der Waals surface area contributed by atoms with Crippen molar-refractivity contribution in [3.05, 3.63) is 77.4 Å². The van der Waals surface area contributed by atoms with Gasteiger partial charge in [0.15, 0.2) is 5.66 Å². The lowest BCUT2D eigenvalue weighted by molar-refractivity contribution is -0.133. The van der Waals surface area contributed by atoms with Crippen LogP contribution in [-0.2, 0) is 22.5 Å². The van der Waals surface area contributed by atoms with Crippen molar-refractivity contribution in [2.24, 2.45) is 11.1 Å². The Bertz CT molecular complexity index is 1170. The Balaban J connectivity index is 1.69. The molecule has 0 fully saturated rings. The third-order valence-corrected chi connectivity index (χ3v) is 7.28. The SMILES string of the molecule is COC(=O)N[C@](N)(C(=O)N[C@@H](Cc1ccccc1)[C@@H](O)CNCc1ccc(-c2cncs2)cc1)C(C)(C)C. The number of methoxy groups -OCH3 is 1. The molecule has 0 spiro atoms. The average Bonchev–Trinajstić information content (AvgIpc) is 3.43. The molecule has 10 heteroatoms. The Hall–Kier alpha value is -3.31. The maximum Gasteiger partial charge on any atom is 0.408 e. The van der Waals surface area contributed by atoms with Gasteiger partial charge in [-0.15, -0.1) is 11.3 Å². The number of rotatable bonds is 11. The summed E-state index contributed by atoms with van der Waals surface area (Å²) in [4.78, 5) is 30.7. The van der Waals surface area contributed by atoms with E-state index in [0.717, 1.165) is 21.6 Å². The van der Waals surface area contributed by atoms with Crippen LogP contribution in [0, 0.1) is 5.41 Å². The lowest BCUT2D eigenvalue weighted by Gasteiger charge is -2.41. The van der Waals surface area contributed by atoms with Gasteiger partial charge in [0.05, 0.1) is 29.6 Å². The molecule has 38 heavy (non-hydrogen) atoms. The molecule has 2 aromatic carbocycles. The van der Waals surface area contributed by atoms with Crippen LogP contribution in [0.4, 0.5) is 4.79 Å². The number of amides is 2. The zero-order valence-corrected chi connectivity index (χ0v) is 23.0. The van der Waals surface area contributed by atoms with Crippen LogP contribution < -0.4 is 21.7 Å². The molecule has 0 aliphatic carbocycles. The lowest BCUT2D eigenvalue weighted by atomic mass is 9.80. The molecule has 0 saturated carbocycles. The van der Waals surface area contributed by atoms with E-state index < -0.39 is 35.2 Å². The molecule has 2 amide bonds. The van der Waals surface area contributed by atoms with E-state index >= 15 is 0 Å². The molecule has 0 unspecified atom stereocenters. The first-order valence-corrected chi connectivity index (χ1v) is 13.3. The van der Waals surface area contributed by atoms with E-state index in [1.54, 1.807) is 37.6 Å². The van der Waals surface area contributed by atoms with Gasteiger partial charge in [0.25, 0.3) is 5.91 Å². The monoisotopic (exact) mass is 539 g/mol. The van der Waals surface area contributed by atoms with E-state index in [-0.39, 0.29) is 6.54 Å². The fourth-order valence-corrected chi connectivity index (χ4v) is 4.51. The third kappa shape index (κ3) is 7.61. The summed E-state index contributed by atoms with van der Waals surface area (Å²) >= 11 is 1.59. The maximum absolute atomic E-state index is 13.5. The molecule has 0 aliphatic rings. The summed E-state index contributed by atoms with van der Waals surface area (Å²) in [6.07, 6.45) is 0.460. The van der Waals surface area contributed by atoms with Gasteiger partial charge in [0.2, 0.25) is 0 Å². The highest BCUT2D eigenvalue weighted by atomic mass is 32.1. The summed E-state index contributed by atoms with van der Waals surface area (Å²) in [7, 11) is 1.21. The normalized spacial score (nSPS) is 14.7. The first kappa shape index (κ1) is 29.2. The van der Waals surface area contributed by atoms with E-state index in [0.29, 0.717) is 13.0 Å². The number of hydrogen-bond acceptors (Lipinski definition) is 8. The second-order valence-electron chi connectivity index (χ2n) is 10.2. The molecular formula is C28H37N5O4S. The molecule has 1 aromatic heterocycles. The fourth-order valence-electron chi connectivity index (χ4n) is 3.88. The highest BCUT2D eigenvalue weighted by Crippen LogP contribution is 2.27. The number of hydrogen-bond donors (Lipinski definition) is 5. The molecule has 0 bridgehead atoms. The standard InChI is InChI=1S/C28H37N5O4S/c1-27(2,3)28(29,33-26(36)37-4)25(35)32-22(14-19-8-6-5-7-9-19)23(34)16-30-15-20-10-12-21(13-11-20)24-17-31-18-38-24/h5-13,17-18,22-23,30,34H,14-16,29H2,1-4H3,(H,32,35)(H,33,36)/t22-,23-,28+/m0/s1. The minimum Gasteiger partial charge on any atom is -0.453 e. The molecule has 6 N–H and O–H groups in total. The summed E-state index contributed by atoms with van der Waals surface area (Å²) in [5.41, 5.74) is 8.72. The number of nitrogens with two attached hydrogens (primary N) is 1. The van der Waals surface area contributed by atoms with Gasteiger partial charge in [-0.05, 0) is 23.1 Å². The zero-order chi connectivity index (χ0) is 27.8. The number of aliphatic hydroxyl groups excluding tert-OH is 1. The largest absolute Gasteiger partial charge is 0.453 e. The molecule has 0 aliphatic heterocycles. The predicted molar refractivity (Wildman–Crippen MR) is 149 cm³/mol. The lowest BCUT2D eigenvalue weighted by Crippen LogP contribution is -2.73. The fraction of sp³-hybridized carbons (Fsp3) is 0.393. The number of benzene rings is 2. The van der Waals surface area contributed by atoms with Crippen LogP contribution in [0.2, 0.25) is 0 Å². The topological polar surface area (TPSA) is 139 Å². The quantitative estimate of drug-likeness (QED) is 0.236. The maximum atomic E-state index is 13.5. The Morgan fingerprint density at radius 2 is 1.76 bits per heavy atom. The van der Waals surface area contributed by atoms with Crippen LogP contribution in [0.25, 0.3) is 10.4 Å². The van der Waals surface area contributed by atoms with E-state index in [4.69, 9.17) is 10.5 Å². The van der Waals surface area contributed by atoms with Crippen LogP contribution in [0.1, 0.15) is 31.9 Å². The number of alkyl carbamates (subject to hydrolysis) is 1. The van der Waals surface area contributed by atoms with E-state index in [9.17, 15) is 14.7 Å². The van der Waals surface area contributed by atoms with Crippen molar-refractivity contribution in [1.29, 1.82) is 0 Å². The number of aromatic nitrogens is 1. The highest BCUT2D eigenvalue weighted by molar-refractivity contribution is 7.13. The second kappa shape index (κ2) is 13.0. The van der Waals surface area contributed by atoms with Crippen molar-refractivity contribution < 1.29 is 19.4 Å². The van der Waals surface area contributed by atoms with Crippen LogP contribution in [-0.4, -0.2) is 53.6 Å². The van der Waals surface area contributed by atoms with Crippen molar-refractivity contribution in [3.63, 3.8) is 0 Å². The molecule has 0 saturated heterocycles. The van der Waals surface area contributed by atoms with Crippen LogP contribution in [0.15, 0.2) is 66.3 Å². The van der Waals surface area contributed by atoms with Gasteiger partial charge in [-0.2, -0.15) is 0 Å². The van der Waals surface area contributed by atoms with Crippen LogP contribution >= 0.6 is 11.3 Å². The van der Waals surface area contributed by atoms with Gasteiger partial charge in [0, 0.05) is 24.7 Å². The van der Waals surface area contributed by atoms with Gasteiger partial charge in [-0.1, -0.05) is 75.4 Å². The Morgan fingerprint density at radius 3 is 2.34 bits per heavy atom. The minimum atomic E-state index is -1.78. The summed E-state index contributed by atoms with van der Waals surface area (Å²) < 4.78 is 4.69. The van der Waals surface area contributed by atoms with Crippen LogP contribution in [0.5, 0.6) is 0 Å². The number of carbonyl (C=O) groups is 2. The third-order valence-electron chi connectivity index (χ3n) is 6.46. The zero-order valence-electron chi connectivity index (χ0n) is 22.2. The molecule has 3 rings (SSSR count). The molecule has 1 heterocycles. The number of ether oxygens (including phenoxy) is 1. The van der Waals surface area contributed by atoms with Crippen molar-refractivity contribution in [2.45, 2.75) is 51.5 Å². The first-order valence-electron chi connectivity index (χ1n) is 12.4. The van der Waals surface area contributed by atoms with Crippen LogP contribution in [0.3, 0.4) is 0 Å².